The second-order valence-corrected chi connectivity index (χ2v) is 12.7. The third-order valence-corrected chi connectivity index (χ3v) is 8.39. The molecule has 0 heterocycles. The van der Waals surface area contributed by atoms with E-state index in [1.807, 2.05) is 60.7 Å². The summed E-state index contributed by atoms with van der Waals surface area (Å²) in [5, 5.41) is 28.3. The average Bonchev–Trinajstić information content (AvgIpc) is 3.13. The molecule has 0 bridgehead atoms. The van der Waals surface area contributed by atoms with Gasteiger partial charge in [-0.2, -0.15) is 0 Å². The molecule has 0 saturated heterocycles. The first-order valence-corrected chi connectivity index (χ1v) is 17.9. The Kier molecular flexibility index (Phi) is 20.9. The molecule has 2 rings (SSSR count). The zero-order valence-electron chi connectivity index (χ0n) is 30.2. The van der Waals surface area contributed by atoms with Crippen LogP contribution < -0.4 is 27.0 Å². The van der Waals surface area contributed by atoms with E-state index in [2.05, 4.69) is 26.0 Å². The van der Waals surface area contributed by atoms with Crippen LogP contribution >= 0.6 is 0 Å². The van der Waals surface area contributed by atoms with Crippen LogP contribution in [0.5, 0.6) is 0 Å². The highest BCUT2D eigenvalue weighted by molar-refractivity contribution is 5.92. The summed E-state index contributed by atoms with van der Waals surface area (Å²) in [4.78, 5) is 97.3. The first kappa shape index (κ1) is 44.5. The molecule has 294 valence electrons. The van der Waals surface area contributed by atoms with E-state index in [0.29, 0.717) is 19.3 Å². The summed E-state index contributed by atoms with van der Waals surface area (Å²) in [6.07, 6.45) is -0.204. The van der Waals surface area contributed by atoms with Gasteiger partial charge in [-0.05, 0) is 56.2 Å². The number of nitrogens with two attached hydrogens (primary N) is 1. The molecular formula is C38H51N5O11. The van der Waals surface area contributed by atoms with Crippen LogP contribution in [0, 0.1) is 5.92 Å². The molecule has 4 amide bonds. The Morgan fingerprint density at radius 3 is 1.96 bits per heavy atom. The number of carboxylic acids is 2. The quantitative estimate of drug-likeness (QED) is 0.0374. The zero-order chi connectivity index (χ0) is 39.7. The van der Waals surface area contributed by atoms with Crippen LogP contribution in [0.25, 0.3) is 0 Å². The topological polar surface area (TPSA) is 260 Å². The molecule has 3 unspecified atom stereocenters. The van der Waals surface area contributed by atoms with E-state index in [-0.39, 0.29) is 88.4 Å². The standard InChI is InChI=1S/C38H51N5O11/c39-20-19-29(45)24-28(22-26-10-3-1-4-11-26)36(50)41-31(23-27-12-5-2-6-13-27)32(46)15-9-16-33(47)40-21-8-7-14-30(37(51)52)42-38(53)43-34(54-25-44)17-18-35(48)49/h1-6,10-13,25,28,30-31,34H,7-9,14-24,39H2,(H,40,47)(H,41,50)(H,48,49)(H,51,52)(H2,42,43,53)/t28?,30?,31-,34?/m1/s1. The molecule has 0 aliphatic rings. The maximum Gasteiger partial charge on any atom is 0.326 e. The van der Waals surface area contributed by atoms with Crippen molar-refractivity contribution in [1.29, 1.82) is 0 Å². The molecule has 0 saturated carbocycles. The Bertz CT molecular complexity index is 1520. The van der Waals surface area contributed by atoms with E-state index in [1.165, 1.54) is 0 Å². The lowest BCUT2D eigenvalue weighted by molar-refractivity contribution is -0.141. The summed E-state index contributed by atoms with van der Waals surface area (Å²) in [5.74, 6) is -4.31. The number of hydrogen-bond acceptors (Lipinski definition) is 10. The number of carbonyl (C=O) groups excluding carboxylic acids is 6. The number of carbonyl (C=O) groups is 8. The van der Waals surface area contributed by atoms with E-state index in [1.54, 1.807) is 0 Å². The number of carboxylic acid groups (broad SMARTS) is 2. The van der Waals surface area contributed by atoms with E-state index in [4.69, 9.17) is 10.8 Å². The van der Waals surface area contributed by atoms with Crippen LogP contribution in [0.15, 0.2) is 60.7 Å². The van der Waals surface area contributed by atoms with Gasteiger partial charge in [0.05, 0.1) is 12.5 Å². The molecule has 16 nitrogen and oxygen atoms in total. The zero-order valence-corrected chi connectivity index (χ0v) is 30.2. The third-order valence-electron chi connectivity index (χ3n) is 8.39. The van der Waals surface area contributed by atoms with Crippen molar-refractivity contribution in [2.24, 2.45) is 11.7 Å². The molecule has 0 aliphatic carbocycles. The Balaban J connectivity index is 1.87. The number of benzene rings is 2. The number of urea groups is 1. The van der Waals surface area contributed by atoms with Gasteiger partial charge in [0.25, 0.3) is 6.47 Å². The lowest BCUT2D eigenvalue weighted by Crippen LogP contribution is -2.49. The second-order valence-electron chi connectivity index (χ2n) is 12.7. The van der Waals surface area contributed by atoms with Crippen molar-refractivity contribution in [3.05, 3.63) is 71.8 Å². The van der Waals surface area contributed by atoms with Gasteiger partial charge in [0.15, 0.2) is 12.0 Å². The van der Waals surface area contributed by atoms with Crippen LogP contribution in [0.1, 0.15) is 75.3 Å². The second kappa shape index (κ2) is 25.4. The van der Waals surface area contributed by atoms with E-state index in [0.717, 1.165) is 11.1 Å². The Hall–Kier alpha value is -5.64. The Morgan fingerprint density at radius 2 is 1.37 bits per heavy atom. The SMILES string of the molecule is NCCC(=O)CC(Cc1ccccc1)C(=O)N[C@H](Cc1ccccc1)C(=O)CCCC(=O)NCCCCC(NC(=O)NC(CCC(=O)O)OC=O)C(=O)O. The van der Waals surface area contributed by atoms with Crippen molar-refractivity contribution in [1.82, 2.24) is 21.3 Å². The number of unbranched alkanes of at least 4 members (excludes halogenated alkanes) is 1. The van der Waals surface area contributed by atoms with Crippen LogP contribution in [0.2, 0.25) is 0 Å². The van der Waals surface area contributed by atoms with Crippen LogP contribution in [-0.2, 0) is 51.1 Å². The summed E-state index contributed by atoms with van der Waals surface area (Å²) < 4.78 is 4.62. The van der Waals surface area contributed by atoms with Gasteiger partial charge in [-0.15, -0.1) is 0 Å². The van der Waals surface area contributed by atoms with Crippen LogP contribution in [0.3, 0.4) is 0 Å². The first-order chi connectivity index (χ1) is 25.9. The number of rotatable bonds is 28. The molecule has 0 fully saturated rings. The van der Waals surface area contributed by atoms with Gasteiger partial charge in [0.1, 0.15) is 11.8 Å². The normalized spacial score (nSPS) is 12.9. The van der Waals surface area contributed by atoms with Crippen LogP contribution in [0.4, 0.5) is 4.79 Å². The number of ketones is 2. The number of nitrogens with one attached hydrogen (secondary N) is 4. The minimum absolute atomic E-state index is 0.0122. The Labute approximate surface area is 314 Å². The van der Waals surface area contributed by atoms with Crippen molar-refractivity contribution in [3.63, 3.8) is 0 Å². The first-order valence-electron chi connectivity index (χ1n) is 17.9. The largest absolute Gasteiger partial charge is 0.481 e. The molecule has 2 aromatic carbocycles. The van der Waals surface area contributed by atoms with E-state index >= 15 is 0 Å². The molecule has 2 aromatic rings. The molecule has 4 atom stereocenters. The molecule has 0 radical (unpaired) electrons. The van der Waals surface area contributed by atoms with E-state index in [9.17, 15) is 43.5 Å². The van der Waals surface area contributed by atoms with Gasteiger partial charge in [-0.25, -0.2) is 9.59 Å². The predicted octanol–water partition coefficient (Wildman–Crippen LogP) is 2.02. The van der Waals surface area contributed by atoms with E-state index < -0.39 is 54.5 Å². The summed E-state index contributed by atoms with van der Waals surface area (Å²) >= 11 is 0. The summed E-state index contributed by atoms with van der Waals surface area (Å²) in [6, 6.07) is 15.4. The van der Waals surface area contributed by atoms with Gasteiger partial charge in [-0.1, -0.05) is 60.7 Å². The van der Waals surface area contributed by atoms with Crippen molar-refractivity contribution < 1.29 is 53.3 Å². The van der Waals surface area contributed by atoms with Gasteiger partial charge in [0.2, 0.25) is 11.8 Å². The minimum Gasteiger partial charge on any atom is -0.481 e. The summed E-state index contributed by atoms with van der Waals surface area (Å²) in [7, 11) is 0. The number of aliphatic carboxylic acids is 2. The minimum atomic E-state index is -1.31. The fourth-order valence-corrected chi connectivity index (χ4v) is 5.57. The molecule has 8 N–H and O–H groups in total. The van der Waals surface area contributed by atoms with Gasteiger partial charge >= 0.3 is 18.0 Å². The van der Waals surface area contributed by atoms with Crippen molar-refractivity contribution in [2.75, 3.05) is 13.1 Å². The average molecular weight is 754 g/mol. The maximum atomic E-state index is 13.6. The molecule has 16 heteroatoms. The Morgan fingerprint density at radius 1 is 0.722 bits per heavy atom. The van der Waals surface area contributed by atoms with Gasteiger partial charge < -0.3 is 42.0 Å². The monoisotopic (exact) mass is 753 g/mol. The fraction of sp³-hybridized carbons (Fsp3) is 0.474. The highest BCUT2D eigenvalue weighted by atomic mass is 16.5. The highest BCUT2D eigenvalue weighted by Crippen LogP contribution is 2.16. The fourth-order valence-electron chi connectivity index (χ4n) is 5.57. The lowest BCUT2D eigenvalue weighted by atomic mass is 9.91. The smallest absolute Gasteiger partial charge is 0.326 e. The summed E-state index contributed by atoms with van der Waals surface area (Å²) in [6.45, 7) is 0.427. The summed E-state index contributed by atoms with van der Waals surface area (Å²) in [5.41, 5.74) is 7.28. The number of hydrogen-bond donors (Lipinski definition) is 7. The van der Waals surface area contributed by atoms with Gasteiger partial charge in [-0.3, -0.25) is 28.8 Å². The molecular weight excluding hydrogens is 702 g/mol. The number of ether oxygens (including phenoxy) is 1. The lowest BCUT2D eigenvalue weighted by Gasteiger charge is -2.22. The van der Waals surface area contributed by atoms with Crippen molar-refractivity contribution in [3.8, 4) is 0 Å². The van der Waals surface area contributed by atoms with Gasteiger partial charge in [0, 0.05) is 44.6 Å². The van der Waals surface area contributed by atoms with Crippen molar-refractivity contribution >= 4 is 47.8 Å². The number of Topliss-reactive ketones (excluding diaryl/α,β-unsaturated/α-hetero) is 2. The highest BCUT2D eigenvalue weighted by Gasteiger charge is 2.28. The molecule has 54 heavy (non-hydrogen) atoms. The van der Waals surface area contributed by atoms with Crippen LogP contribution in [-0.4, -0.2) is 89.4 Å². The molecule has 0 spiro atoms. The van der Waals surface area contributed by atoms with Crippen molar-refractivity contribution in [2.45, 2.75) is 95.4 Å². The molecule has 0 aliphatic heterocycles. The third kappa shape index (κ3) is 18.7. The predicted molar refractivity (Wildman–Crippen MR) is 196 cm³/mol. The maximum absolute atomic E-state index is 13.6. The number of amides is 4. The molecule has 0 aromatic heterocycles.